The second-order valence-corrected chi connectivity index (χ2v) is 10.5. The lowest BCUT2D eigenvalue weighted by molar-refractivity contribution is -0.119. The monoisotopic (exact) mass is 568 g/mol. The number of aromatic nitrogens is 2. The van der Waals surface area contributed by atoms with Crippen LogP contribution < -0.4 is 21.3 Å². The van der Waals surface area contributed by atoms with Crippen molar-refractivity contribution in [2.24, 2.45) is 0 Å². The number of para-hydroxylation sites is 2. The van der Waals surface area contributed by atoms with E-state index in [1.807, 2.05) is 6.92 Å². The molecule has 2 aromatic carbocycles. The molecule has 11 heteroatoms. The van der Waals surface area contributed by atoms with Crippen LogP contribution in [0.1, 0.15) is 41.5 Å². The molecule has 0 unspecified atom stereocenters. The van der Waals surface area contributed by atoms with Crippen molar-refractivity contribution in [3.05, 3.63) is 84.8 Å². The molecule has 0 bridgehead atoms. The Morgan fingerprint density at radius 2 is 1.74 bits per heavy atom. The van der Waals surface area contributed by atoms with Gasteiger partial charge in [0.2, 0.25) is 5.91 Å². The zero-order chi connectivity index (χ0) is 28.4. The van der Waals surface area contributed by atoms with Crippen molar-refractivity contribution in [1.29, 1.82) is 0 Å². The predicted octanol–water partition coefficient (Wildman–Crippen LogP) is 4.87. The summed E-state index contributed by atoms with van der Waals surface area (Å²) in [5.74, 6) is -0.258. The van der Waals surface area contributed by atoms with Crippen LogP contribution in [0.4, 0.5) is 5.69 Å². The molecule has 1 atom stereocenters. The predicted molar refractivity (Wildman–Crippen MR) is 155 cm³/mol. The summed E-state index contributed by atoms with van der Waals surface area (Å²) in [6.07, 6.45) is 0.240. The molecule has 9 nitrogen and oxygen atoms in total. The molecule has 0 fully saturated rings. The molecule has 2 aromatic heterocycles. The molecule has 4 rings (SSSR count). The first-order chi connectivity index (χ1) is 18.6. The second-order valence-electron chi connectivity index (χ2n) is 9.05. The fourth-order valence-corrected chi connectivity index (χ4v) is 5.86. The first-order valence-electron chi connectivity index (χ1n) is 12.4. The van der Waals surface area contributed by atoms with Gasteiger partial charge >= 0.3 is 5.69 Å². The third kappa shape index (κ3) is 5.22. The van der Waals surface area contributed by atoms with E-state index < -0.39 is 23.2 Å². The van der Waals surface area contributed by atoms with Gasteiger partial charge in [0.05, 0.1) is 28.2 Å². The number of hydrogen-bond acceptors (Lipinski definition) is 6. The van der Waals surface area contributed by atoms with E-state index in [0.717, 1.165) is 15.9 Å². The quantitative estimate of drug-likeness (QED) is 0.327. The van der Waals surface area contributed by atoms with Crippen LogP contribution in [0.5, 0.6) is 5.75 Å². The third-order valence-electron chi connectivity index (χ3n) is 6.29. The largest absolute Gasteiger partial charge is 0.492 e. The maximum atomic E-state index is 14.0. The third-order valence-corrected chi connectivity index (χ3v) is 7.82. The maximum absolute atomic E-state index is 14.0. The summed E-state index contributed by atoms with van der Waals surface area (Å²) in [5.41, 5.74) is -0.0544. The fourth-order valence-electron chi connectivity index (χ4n) is 4.37. The summed E-state index contributed by atoms with van der Waals surface area (Å²) in [6, 6.07) is 12.3. The van der Waals surface area contributed by atoms with Gasteiger partial charge in [-0.15, -0.1) is 11.3 Å². The van der Waals surface area contributed by atoms with E-state index in [-0.39, 0.29) is 22.5 Å². The van der Waals surface area contributed by atoms with Crippen LogP contribution in [0, 0.1) is 6.92 Å². The number of aryl methyl sites for hydroxylation is 1. The molecule has 0 radical (unpaired) electrons. The summed E-state index contributed by atoms with van der Waals surface area (Å²) >= 11 is 7.08. The van der Waals surface area contributed by atoms with Crippen molar-refractivity contribution >= 4 is 50.7 Å². The molecule has 0 aliphatic rings. The number of hydrogen-bond donors (Lipinski definition) is 1. The highest BCUT2D eigenvalue weighted by atomic mass is 35.5. The maximum Gasteiger partial charge on any atom is 0.337 e. The van der Waals surface area contributed by atoms with E-state index in [1.54, 1.807) is 76.5 Å². The van der Waals surface area contributed by atoms with Gasteiger partial charge in [0, 0.05) is 19.1 Å². The van der Waals surface area contributed by atoms with Crippen molar-refractivity contribution < 1.29 is 14.3 Å². The van der Waals surface area contributed by atoms with Crippen LogP contribution in [0.15, 0.2) is 58.1 Å². The number of carbonyl (C=O) groups is 2. The van der Waals surface area contributed by atoms with Crippen molar-refractivity contribution in [3.8, 4) is 11.4 Å². The van der Waals surface area contributed by atoms with E-state index in [0.29, 0.717) is 39.2 Å². The summed E-state index contributed by atoms with van der Waals surface area (Å²) in [5, 5.41) is 3.53. The number of fused-ring (bicyclic) bond motifs is 1. The van der Waals surface area contributed by atoms with Crippen LogP contribution >= 0.6 is 22.9 Å². The van der Waals surface area contributed by atoms with E-state index in [1.165, 1.54) is 9.47 Å². The molecule has 0 aliphatic carbocycles. The lowest BCUT2D eigenvalue weighted by Crippen LogP contribution is -2.42. The first-order valence-corrected chi connectivity index (χ1v) is 13.6. The Balaban J connectivity index is 1.99. The average molecular weight is 569 g/mol. The highest BCUT2D eigenvalue weighted by Gasteiger charge is 2.30. The number of amides is 2. The van der Waals surface area contributed by atoms with Crippen molar-refractivity contribution in [3.63, 3.8) is 0 Å². The topological polar surface area (TPSA) is 103 Å². The number of nitrogens with one attached hydrogen (secondary N) is 1. The molecule has 2 amide bonds. The number of thiophene rings is 1. The molecule has 1 N–H and O–H groups in total. The minimum Gasteiger partial charge on any atom is -0.492 e. The second kappa shape index (κ2) is 11.5. The zero-order valence-electron chi connectivity index (χ0n) is 22.3. The van der Waals surface area contributed by atoms with Gasteiger partial charge in [-0.3, -0.25) is 19.0 Å². The molecule has 0 saturated carbocycles. The van der Waals surface area contributed by atoms with Crippen LogP contribution in [0.2, 0.25) is 5.02 Å². The van der Waals surface area contributed by atoms with Crippen LogP contribution in [0.25, 0.3) is 15.9 Å². The van der Waals surface area contributed by atoms with E-state index in [4.69, 9.17) is 16.3 Å². The number of benzene rings is 2. The summed E-state index contributed by atoms with van der Waals surface area (Å²) in [4.78, 5) is 56.5. The number of anilines is 1. The van der Waals surface area contributed by atoms with Gasteiger partial charge in [-0.25, -0.2) is 9.36 Å². The summed E-state index contributed by atoms with van der Waals surface area (Å²) in [7, 11) is 3.23. The van der Waals surface area contributed by atoms with Crippen molar-refractivity contribution in [2.45, 2.75) is 33.2 Å². The minimum absolute atomic E-state index is 0.209. The Morgan fingerprint density at radius 3 is 2.36 bits per heavy atom. The molecular weight excluding hydrogens is 540 g/mol. The lowest BCUT2D eigenvalue weighted by atomic mass is 10.1. The first kappa shape index (κ1) is 28.1. The van der Waals surface area contributed by atoms with Crippen molar-refractivity contribution in [2.75, 3.05) is 26.0 Å². The Labute approximate surface area is 234 Å². The molecular formula is C28H29ClN4O5S. The Kier molecular flexibility index (Phi) is 8.27. The fraction of sp³-hybridized carbons (Fsp3) is 0.286. The number of nitrogens with zero attached hydrogens (tertiary/aromatic N) is 3. The normalized spacial score (nSPS) is 11.8. The summed E-state index contributed by atoms with van der Waals surface area (Å²) in [6.45, 7) is 5.71. The highest BCUT2D eigenvalue weighted by molar-refractivity contribution is 7.20. The van der Waals surface area contributed by atoms with Gasteiger partial charge in [-0.05, 0) is 62.2 Å². The van der Waals surface area contributed by atoms with Gasteiger partial charge in [-0.2, -0.15) is 0 Å². The molecule has 0 spiro atoms. The molecule has 4 aromatic rings. The van der Waals surface area contributed by atoms with Gasteiger partial charge < -0.3 is 15.0 Å². The highest BCUT2D eigenvalue weighted by Crippen LogP contribution is 2.32. The zero-order valence-corrected chi connectivity index (χ0v) is 23.9. The molecule has 0 saturated heterocycles. The lowest BCUT2D eigenvalue weighted by Gasteiger charge is -2.21. The van der Waals surface area contributed by atoms with Crippen LogP contribution in [-0.4, -0.2) is 46.6 Å². The standard InChI is InChI=1S/C28H29ClN4O5S/c1-6-20(24(34)30-19-10-8-9-11-21(19)38-7-2)33-27-22(16(3)23(39-27)26(36)31(4)5)25(35)32(28(33)37)18-14-12-17(29)13-15-18/h8-15,20H,6-7H2,1-5H3,(H,30,34)/t20-/m1/s1. The van der Waals surface area contributed by atoms with Gasteiger partial charge in [-0.1, -0.05) is 30.7 Å². The molecule has 39 heavy (non-hydrogen) atoms. The Morgan fingerprint density at radius 1 is 1.08 bits per heavy atom. The van der Waals surface area contributed by atoms with Gasteiger partial charge in [0.15, 0.2) is 0 Å². The number of carbonyl (C=O) groups excluding carboxylic acids is 2. The molecule has 2 heterocycles. The van der Waals surface area contributed by atoms with Crippen LogP contribution in [-0.2, 0) is 4.79 Å². The SMILES string of the molecule is CCOc1ccccc1NC(=O)[C@@H](CC)n1c(=O)n(-c2ccc(Cl)cc2)c(=O)c2c(C)c(C(=O)N(C)C)sc21. The molecule has 204 valence electrons. The minimum atomic E-state index is -0.991. The van der Waals surface area contributed by atoms with Crippen LogP contribution in [0.3, 0.4) is 0 Å². The smallest absolute Gasteiger partial charge is 0.337 e. The van der Waals surface area contributed by atoms with E-state index in [9.17, 15) is 19.2 Å². The van der Waals surface area contributed by atoms with E-state index >= 15 is 0 Å². The summed E-state index contributed by atoms with van der Waals surface area (Å²) < 4.78 is 7.98. The van der Waals surface area contributed by atoms with E-state index in [2.05, 4.69) is 5.32 Å². The van der Waals surface area contributed by atoms with Gasteiger partial charge in [0.1, 0.15) is 16.6 Å². The number of ether oxygens (including phenoxy) is 1. The number of halogens is 1. The van der Waals surface area contributed by atoms with Crippen molar-refractivity contribution in [1.82, 2.24) is 14.0 Å². The Hall–Kier alpha value is -3.89. The number of rotatable bonds is 8. The Bertz CT molecular complexity index is 1670. The molecule has 0 aliphatic heterocycles. The average Bonchev–Trinajstić information content (AvgIpc) is 3.25. The van der Waals surface area contributed by atoms with Gasteiger partial charge in [0.25, 0.3) is 11.5 Å².